The Balaban J connectivity index is 2.00. The van der Waals surface area contributed by atoms with Gasteiger partial charge in [-0.1, -0.05) is 11.2 Å². The summed E-state index contributed by atoms with van der Waals surface area (Å²) in [6, 6.07) is 6.10. The van der Waals surface area contributed by atoms with E-state index in [0.717, 1.165) is 12.3 Å². The predicted octanol–water partition coefficient (Wildman–Crippen LogP) is 2.02. The van der Waals surface area contributed by atoms with Gasteiger partial charge in [0.05, 0.1) is 13.7 Å². The molecule has 2 aromatic rings. The zero-order valence-electron chi connectivity index (χ0n) is 10.9. The highest BCUT2D eigenvalue weighted by molar-refractivity contribution is 5.34. The Kier molecular flexibility index (Phi) is 3.94. The van der Waals surface area contributed by atoms with Gasteiger partial charge in [0.25, 0.3) is 0 Å². The van der Waals surface area contributed by atoms with Gasteiger partial charge >= 0.3 is 0 Å². The largest absolute Gasteiger partial charge is 0.497 e. The summed E-state index contributed by atoms with van der Waals surface area (Å²) >= 11 is 0. The van der Waals surface area contributed by atoms with Crippen LogP contribution in [-0.2, 0) is 13.1 Å². The molecule has 0 amide bonds. The molecule has 0 radical (unpaired) electrons. The van der Waals surface area contributed by atoms with Crippen LogP contribution in [0.25, 0.3) is 0 Å². The van der Waals surface area contributed by atoms with Crippen molar-refractivity contribution in [2.75, 3.05) is 14.2 Å². The normalized spacial score (nSPS) is 10.9. The first-order chi connectivity index (χ1) is 8.69. The summed E-state index contributed by atoms with van der Waals surface area (Å²) < 4.78 is 9.91. The maximum absolute atomic E-state index is 5.19. The van der Waals surface area contributed by atoms with Crippen molar-refractivity contribution >= 4 is 0 Å². The number of methoxy groups -OCH3 is 1. The van der Waals surface area contributed by atoms with Crippen molar-refractivity contribution < 1.29 is 9.26 Å². The zero-order valence-corrected chi connectivity index (χ0v) is 10.9. The lowest BCUT2D eigenvalue weighted by Crippen LogP contribution is -2.18. The van der Waals surface area contributed by atoms with Crippen molar-refractivity contribution in [2.24, 2.45) is 0 Å². The first-order valence-electron chi connectivity index (χ1n) is 5.76. The van der Waals surface area contributed by atoms with Gasteiger partial charge in [0.2, 0.25) is 6.39 Å². The fourth-order valence-electron chi connectivity index (χ4n) is 1.82. The standard InChI is InChI=1S/C13H17N3O2/c1-10-6-12(17-3)5-4-11(10)7-16(2)8-13-14-9-18-15-13/h4-6,9H,7-8H2,1-3H3. The summed E-state index contributed by atoms with van der Waals surface area (Å²) in [5.74, 6) is 1.58. The van der Waals surface area contributed by atoms with E-state index in [1.807, 2.05) is 19.2 Å². The summed E-state index contributed by atoms with van der Waals surface area (Å²) in [4.78, 5) is 6.15. The lowest BCUT2D eigenvalue weighted by atomic mass is 10.1. The van der Waals surface area contributed by atoms with Crippen LogP contribution in [-0.4, -0.2) is 29.2 Å². The van der Waals surface area contributed by atoms with Crippen LogP contribution in [0.15, 0.2) is 29.1 Å². The molecule has 0 N–H and O–H groups in total. The van der Waals surface area contributed by atoms with Gasteiger partial charge in [0.15, 0.2) is 5.82 Å². The minimum absolute atomic E-state index is 0.669. The molecule has 0 aliphatic heterocycles. The van der Waals surface area contributed by atoms with Crippen molar-refractivity contribution in [2.45, 2.75) is 20.0 Å². The maximum atomic E-state index is 5.19. The minimum Gasteiger partial charge on any atom is -0.497 e. The van der Waals surface area contributed by atoms with Crippen LogP contribution >= 0.6 is 0 Å². The third kappa shape index (κ3) is 3.07. The molecule has 0 atom stereocenters. The SMILES string of the molecule is COc1ccc(CN(C)Cc2ncon2)c(C)c1. The van der Waals surface area contributed by atoms with Crippen LogP contribution in [0.2, 0.25) is 0 Å². The Morgan fingerprint density at radius 3 is 2.78 bits per heavy atom. The molecule has 0 unspecified atom stereocenters. The van der Waals surface area contributed by atoms with Crippen LogP contribution in [0.3, 0.4) is 0 Å². The smallest absolute Gasteiger partial charge is 0.213 e. The second kappa shape index (κ2) is 5.64. The highest BCUT2D eigenvalue weighted by Crippen LogP contribution is 2.18. The molecule has 0 aliphatic carbocycles. The molecule has 18 heavy (non-hydrogen) atoms. The minimum atomic E-state index is 0.669. The van der Waals surface area contributed by atoms with Crippen LogP contribution in [0.5, 0.6) is 5.75 Å². The number of aryl methyl sites for hydroxylation is 1. The topological polar surface area (TPSA) is 51.4 Å². The van der Waals surface area contributed by atoms with Crippen LogP contribution in [0.4, 0.5) is 0 Å². The number of aromatic nitrogens is 2. The van der Waals surface area contributed by atoms with Crippen molar-refractivity contribution in [1.82, 2.24) is 15.0 Å². The Morgan fingerprint density at radius 2 is 2.17 bits per heavy atom. The van der Waals surface area contributed by atoms with E-state index in [4.69, 9.17) is 9.26 Å². The van der Waals surface area contributed by atoms with Gasteiger partial charge in [-0.15, -0.1) is 0 Å². The van der Waals surface area contributed by atoms with Gasteiger partial charge < -0.3 is 9.26 Å². The van der Waals surface area contributed by atoms with Gasteiger partial charge in [-0.05, 0) is 37.2 Å². The summed E-state index contributed by atoms with van der Waals surface area (Å²) in [6.45, 7) is 3.59. The van der Waals surface area contributed by atoms with Crippen LogP contribution in [0.1, 0.15) is 17.0 Å². The number of hydrogen-bond acceptors (Lipinski definition) is 5. The average molecular weight is 247 g/mol. The lowest BCUT2D eigenvalue weighted by Gasteiger charge is -2.16. The Morgan fingerprint density at radius 1 is 1.33 bits per heavy atom. The van der Waals surface area contributed by atoms with Gasteiger partial charge in [0.1, 0.15) is 5.75 Å². The van der Waals surface area contributed by atoms with Crippen LogP contribution in [0, 0.1) is 6.92 Å². The first-order valence-corrected chi connectivity index (χ1v) is 5.76. The van der Waals surface area contributed by atoms with E-state index >= 15 is 0 Å². The van der Waals surface area contributed by atoms with Crippen LogP contribution < -0.4 is 4.74 Å². The molecule has 96 valence electrons. The van der Waals surface area contributed by atoms with Gasteiger partial charge in [-0.3, -0.25) is 4.90 Å². The van der Waals surface area contributed by atoms with E-state index in [1.54, 1.807) is 7.11 Å². The van der Waals surface area contributed by atoms with E-state index in [0.29, 0.717) is 12.4 Å². The second-order valence-corrected chi connectivity index (χ2v) is 4.31. The fraction of sp³-hybridized carbons (Fsp3) is 0.385. The Hall–Kier alpha value is -1.88. The molecule has 1 aromatic carbocycles. The predicted molar refractivity (Wildman–Crippen MR) is 67.2 cm³/mol. The van der Waals surface area contributed by atoms with Crippen molar-refractivity contribution in [3.8, 4) is 5.75 Å². The summed E-state index contributed by atoms with van der Waals surface area (Å²) in [5.41, 5.74) is 2.48. The molecule has 0 aliphatic rings. The Labute approximate surface area is 106 Å². The number of hydrogen-bond donors (Lipinski definition) is 0. The van der Waals surface area contributed by atoms with E-state index in [9.17, 15) is 0 Å². The molecule has 1 heterocycles. The molecule has 5 heteroatoms. The van der Waals surface area contributed by atoms with Crippen molar-refractivity contribution in [3.05, 3.63) is 41.5 Å². The fourth-order valence-corrected chi connectivity index (χ4v) is 1.82. The zero-order chi connectivity index (χ0) is 13.0. The number of nitrogens with zero attached hydrogens (tertiary/aromatic N) is 3. The first kappa shape index (κ1) is 12.6. The van der Waals surface area contributed by atoms with E-state index < -0.39 is 0 Å². The summed E-state index contributed by atoms with van der Waals surface area (Å²) in [7, 11) is 3.71. The summed E-state index contributed by atoms with van der Waals surface area (Å²) in [6.07, 6.45) is 1.35. The monoisotopic (exact) mass is 247 g/mol. The molecule has 5 nitrogen and oxygen atoms in total. The lowest BCUT2D eigenvalue weighted by molar-refractivity contribution is 0.301. The highest BCUT2D eigenvalue weighted by atomic mass is 16.5. The third-order valence-corrected chi connectivity index (χ3v) is 2.81. The highest BCUT2D eigenvalue weighted by Gasteiger charge is 2.07. The van der Waals surface area contributed by atoms with E-state index in [-0.39, 0.29) is 0 Å². The van der Waals surface area contributed by atoms with Crippen molar-refractivity contribution in [3.63, 3.8) is 0 Å². The average Bonchev–Trinajstić information content (AvgIpc) is 2.84. The molecule has 0 saturated heterocycles. The molecule has 1 aromatic heterocycles. The second-order valence-electron chi connectivity index (χ2n) is 4.31. The van der Waals surface area contributed by atoms with Gasteiger partial charge in [-0.25, -0.2) is 0 Å². The number of ether oxygens (including phenoxy) is 1. The summed E-state index contributed by atoms with van der Waals surface area (Å²) in [5, 5.41) is 3.80. The number of rotatable bonds is 5. The molecular weight excluding hydrogens is 230 g/mol. The third-order valence-electron chi connectivity index (χ3n) is 2.81. The van der Waals surface area contributed by atoms with Gasteiger partial charge in [-0.2, -0.15) is 4.98 Å². The Bertz CT molecular complexity index is 497. The molecule has 2 rings (SSSR count). The molecule has 0 saturated carbocycles. The number of benzene rings is 1. The van der Waals surface area contributed by atoms with E-state index in [1.165, 1.54) is 17.5 Å². The maximum Gasteiger partial charge on any atom is 0.213 e. The molecule has 0 fully saturated rings. The van der Waals surface area contributed by atoms with E-state index in [2.05, 4.69) is 28.0 Å². The van der Waals surface area contributed by atoms with Crippen molar-refractivity contribution in [1.29, 1.82) is 0 Å². The van der Waals surface area contributed by atoms with Gasteiger partial charge in [0, 0.05) is 6.54 Å². The molecular formula is C13H17N3O2. The quantitative estimate of drug-likeness (QED) is 0.809. The molecule has 0 spiro atoms. The molecule has 0 bridgehead atoms.